The van der Waals surface area contributed by atoms with Crippen molar-refractivity contribution >= 4 is 27.3 Å². The number of aromatic nitrogens is 3. The van der Waals surface area contributed by atoms with Crippen LogP contribution in [0.25, 0.3) is 32.6 Å². The number of fused-ring (bicyclic) bond motifs is 2. The summed E-state index contributed by atoms with van der Waals surface area (Å²) in [5, 5.41) is 7.49. The maximum atomic E-state index is 15.8. The monoisotopic (exact) mass is 591 g/mol. The third-order valence-corrected chi connectivity index (χ3v) is 7.92. The van der Waals surface area contributed by atoms with Gasteiger partial charge in [0.05, 0.1) is 37.0 Å². The molecular formula is C31H31F2N5O3S. The molecule has 0 aliphatic carbocycles. The first-order valence-corrected chi connectivity index (χ1v) is 14.3. The fourth-order valence-corrected chi connectivity index (χ4v) is 5.95. The first-order valence-electron chi connectivity index (χ1n) is 13.4. The van der Waals surface area contributed by atoms with Crippen molar-refractivity contribution in [3.63, 3.8) is 0 Å². The zero-order valence-electron chi connectivity index (χ0n) is 23.9. The van der Waals surface area contributed by atoms with Crippen molar-refractivity contribution in [3.05, 3.63) is 65.3 Å². The summed E-state index contributed by atoms with van der Waals surface area (Å²) >= 11 is 1.41. The van der Waals surface area contributed by atoms with E-state index in [1.54, 1.807) is 4.90 Å². The van der Waals surface area contributed by atoms with Crippen LogP contribution in [0.15, 0.2) is 42.3 Å². The van der Waals surface area contributed by atoms with Crippen molar-refractivity contribution in [2.45, 2.75) is 19.5 Å². The van der Waals surface area contributed by atoms with Crippen molar-refractivity contribution < 1.29 is 23.0 Å². The van der Waals surface area contributed by atoms with Crippen molar-refractivity contribution in [3.8, 4) is 40.1 Å². The predicted molar refractivity (Wildman–Crippen MR) is 159 cm³/mol. The van der Waals surface area contributed by atoms with Gasteiger partial charge >= 0.3 is 0 Å². The summed E-state index contributed by atoms with van der Waals surface area (Å²) in [4.78, 5) is 21.1. The number of pyridine rings is 1. The Labute approximate surface area is 247 Å². The average molecular weight is 592 g/mol. The van der Waals surface area contributed by atoms with E-state index in [1.165, 1.54) is 30.6 Å². The van der Waals surface area contributed by atoms with Gasteiger partial charge in [-0.05, 0) is 50.5 Å². The molecule has 1 aliphatic rings. The maximum Gasteiger partial charge on any atom is 0.246 e. The third kappa shape index (κ3) is 5.66. The van der Waals surface area contributed by atoms with Crippen LogP contribution in [0.4, 0.5) is 8.78 Å². The number of benzene rings is 1. The Bertz CT molecular complexity index is 1720. The molecular weight excluding hydrogens is 560 g/mol. The molecule has 0 saturated heterocycles. The highest BCUT2D eigenvalue weighted by Gasteiger charge is 2.31. The van der Waals surface area contributed by atoms with Crippen LogP contribution in [0.2, 0.25) is 0 Å². The van der Waals surface area contributed by atoms with Crippen LogP contribution in [0.3, 0.4) is 0 Å². The number of hydrogen-bond donors (Lipinski definition) is 0. The summed E-state index contributed by atoms with van der Waals surface area (Å²) in [5.74, 6) is 4.65. The highest BCUT2D eigenvalue weighted by Crippen LogP contribution is 2.45. The van der Waals surface area contributed by atoms with Gasteiger partial charge in [-0.1, -0.05) is 12.5 Å². The fraction of sp³-hybridized carbons (Fsp3) is 0.323. The predicted octanol–water partition coefficient (Wildman–Crippen LogP) is 5.13. The first-order chi connectivity index (χ1) is 20.2. The molecule has 4 heterocycles. The zero-order valence-corrected chi connectivity index (χ0v) is 24.7. The molecule has 8 nitrogen and oxygen atoms in total. The average Bonchev–Trinajstić information content (AvgIpc) is 3.61. The molecule has 218 valence electrons. The van der Waals surface area contributed by atoms with Gasteiger partial charge in [0.1, 0.15) is 41.1 Å². The lowest BCUT2D eigenvalue weighted by Gasteiger charge is -2.33. The topological polar surface area (TPSA) is 72.7 Å². The minimum Gasteiger partial charge on any atom is -0.490 e. The summed E-state index contributed by atoms with van der Waals surface area (Å²) in [6, 6.07) is 5.50. The standard InChI is InChI=1S/C31H31F2N5O3S/c1-6-27(39)37-11-12-38-25(19(37)2)18-24(35-38)30-29(28-22(33)16-20(32)17-26(28)41-14-13-40-5)31-21(9-15-42-31)23(34-30)8-7-10-36(3)4/h6,9,15-19H,1,10-14H2,2-5H3. The number of hydrogen-bond acceptors (Lipinski definition) is 7. The highest BCUT2D eigenvalue weighted by molar-refractivity contribution is 7.17. The first kappa shape index (κ1) is 29.4. The Morgan fingerprint density at radius 3 is 2.79 bits per heavy atom. The Morgan fingerprint density at radius 2 is 2.05 bits per heavy atom. The number of halogens is 2. The van der Waals surface area contributed by atoms with Gasteiger partial charge in [-0.25, -0.2) is 13.8 Å². The molecule has 0 fully saturated rings. The number of thiophene rings is 1. The summed E-state index contributed by atoms with van der Waals surface area (Å²) in [7, 11) is 5.38. The SMILES string of the molecule is C=CC(=O)N1CCn2nc(-c3nc(C#CCN(C)C)c4ccsc4c3-c3c(F)cc(F)cc3OCCOC)cc2C1C. The van der Waals surface area contributed by atoms with Crippen molar-refractivity contribution in [2.24, 2.45) is 0 Å². The lowest BCUT2D eigenvalue weighted by molar-refractivity contribution is -0.129. The third-order valence-electron chi connectivity index (χ3n) is 6.98. The van der Waals surface area contributed by atoms with Gasteiger partial charge in [-0.3, -0.25) is 14.4 Å². The summed E-state index contributed by atoms with van der Waals surface area (Å²) in [6.45, 7) is 7.35. The van der Waals surface area contributed by atoms with E-state index >= 15 is 4.39 Å². The van der Waals surface area contributed by atoms with Crippen LogP contribution < -0.4 is 4.74 Å². The van der Waals surface area contributed by atoms with E-state index in [4.69, 9.17) is 19.6 Å². The van der Waals surface area contributed by atoms with E-state index in [0.717, 1.165) is 21.8 Å². The van der Waals surface area contributed by atoms with Gasteiger partial charge in [0.2, 0.25) is 5.91 Å². The summed E-state index contributed by atoms with van der Waals surface area (Å²) in [6.07, 6.45) is 1.30. The van der Waals surface area contributed by atoms with Crippen molar-refractivity contribution in [1.29, 1.82) is 0 Å². The molecule has 1 atom stereocenters. The lowest BCUT2D eigenvalue weighted by atomic mass is 9.97. The van der Waals surface area contributed by atoms with Gasteiger partial charge < -0.3 is 14.4 Å². The van der Waals surface area contributed by atoms with E-state index in [1.807, 2.05) is 48.1 Å². The number of carbonyl (C=O) groups is 1. The minimum absolute atomic E-state index is 0.0360. The van der Waals surface area contributed by atoms with E-state index < -0.39 is 11.6 Å². The van der Waals surface area contributed by atoms with Crippen LogP contribution in [-0.4, -0.2) is 78.0 Å². The Hall–Kier alpha value is -4.11. The molecule has 11 heteroatoms. The summed E-state index contributed by atoms with van der Waals surface area (Å²) in [5.41, 5.74) is 2.72. The molecule has 1 aromatic carbocycles. The zero-order chi connectivity index (χ0) is 30.0. The highest BCUT2D eigenvalue weighted by atomic mass is 32.1. The second-order valence-corrected chi connectivity index (χ2v) is 11.0. The quantitative estimate of drug-likeness (QED) is 0.161. The molecule has 0 N–H and O–H groups in total. The van der Waals surface area contributed by atoms with Gasteiger partial charge in [0, 0.05) is 41.4 Å². The molecule has 1 unspecified atom stereocenters. The van der Waals surface area contributed by atoms with Crippen LogP contribution in [0, 0.1) is 23.5 Å². The van der Waals surface area contributed by atoms with Gasteiger partial charge in [0.15, 0.2) is 0 Å². The van der Waals surface area contributed by atoms with E-state index in [-0.39, 0.29) is 36.5 Å². The van der Waals surface area contributed by atoms with Gasteiger partial charge in [0.25, 0.3) is 0 Å². The molecule has 1 aliphatic heterocycles. The Kier molecular flexibility index (Phi) is 8.68. The molecule has 0 radical (unpaired) electrons. The molecule has 0 spiro atoms. The Balaban J connectivity index is 1.77. The number of rotatable bonds is 8. The normalized spacial score (nSPS) is 14.5. The molecule has 5 rings (SSSR count). The maximum absolute atomic E-state index is 15.8. The van der Waals surface area contributed by atoms with Gasteiger partial charge in [-0.2, -0.15) is 5.10 Å². The molecule has 1 amide bonds. The minimum atomic E-state index is -0.785. The summed E-state index contributed by atoms with van der Waals surface area (Å²) < 4.78 is 43.8. The van der Waals surface area contributed by atoms with Crippen LogP contribution in [0.1, 0.15) is 24.4 Å². The van der Waals surface area contributed by atoms with Crippen molar-refractivity contribution in [1.82, 2.24) is 24.6 Å². The van der Waals surface area contributed by atoms with Gasteiger partial charge in [-0.15, -0.1) is 11.3 Å². The van der Waals surface area contributed by atoms with Crippen molar-refractivity contribution in [2.75, 3.05) is 47.5 Å². The van der Waals surface area contributed by atoms with E-state index in [2.05, 4.69) is 18.4 Å². The largest absolute Gasteiger partial charge is 0.490 e. The van der Waals surface area contributed by atoms with E-state index in [0.29, 0.717) is 42.3 Å². The smallest absolute Gasteiger partial charge is 0.246 e. The number of carbonyl (C=O) groups excluding carboxylic acids is 1. The second-order valence-electron chi connectivity index (χ2n) is 10.1. The molecule has 0 saturated carbocycles. The molecule has 4 aromatic rings. The van der Waals surface area contributed by atoms with Crippen LogP contribution >= 0.6 is 11.3 Å². The second kappa shape index (κ2) is 12.4. The molecule has 0 bridgehead atoms. The van der Waals surface area contributed by atoms with E-state index in [9.17, 15) is 9.18 Å². The molecule has 3 aromatic heterocycles. The fourth-order valence-electron chi connectivity index (χ4n) is 5.00. The lowest BCUT2D eigenvalue weighted by Crippen LogP contribution is -2.40. The Morgan fingerprint density at radius 1 is 1.24 bits per heavy atom. The number of methoxy groups -OCH3 is 1. The van der Waals surface area contributed by atoms with Crippen LogP contribution in [-0.2, 0) is 16.1 Å². The molecule has 42 heavy (non-hydrogen) atoms. The van der Waals surface area contributed by atoms with Crippen LogP contribution in [0.5, 0.6) is 5.75 Å². The number of nitrogens with zero attached hydrogens (tertiary/aromatic N) is 5. The number of amides is 1. The number of ether oxygens (including phenoxy) is 2.